The van der Waals surface area contributed by atoms with Gasteiger partial charge in [0.15, 0.2) is 0 Å². The van der Waals surface area contributed by atoms with Crippen molar-refractivity contribution < 1.29 is 4.79 Å². The van der Waals surface area contributed by atoms with Crippen LogP contribution in [0, 0.1) is 0 Å². The van der Waals surface area contributed by atoms with Crippen LogP contribution in [0.15, 0.2) is 23.0 Å². The number of thiophene rings is 1. The molecule has 0 radical (unpaired) electrons. The van der Waals surface area contributed by atoms with Crippen molar-refractivity contribution in [3.63, 3.8) is 0 Å². The number of rotatable bonds is 3. The number of thiazole rings is 1. The molecule has 0 spiro atoms. The first-order valence-corrected chi connectivity index (χ1v) is 9.00. The van der Waals surface area contributed by atoms with Crippen molar-refractivity contribution in [1.82, 2.24) is 14.8 Å². The van der Waals surface area contributed by atoms with E-state index in [2.05, 4.69) is 15.3 Å². The van der Waals surface area contributed by atoms with Gasteiger partial charge < -0.3 is 4.90 Å². The van der Waals surface area contributed by atoms with Crippen molar-refractivity contribution in [3.8, 4) is 0 Å². The number of carbonyl (C=O) groups is 1. The number of nitrogens with zero attached hydrogens (tertiary/aromatic N) is 3. The molecule has 0 aliphatic carbocycles. The summed E-state index contributed by atoms with van der Waals surface area (Å²) in [5.41, 5.74) is 2.98. The van der Waals surface area contributed by atoms with Crippen molar-refractivity contribution in [1.29, 1.82) is 0 Å². The molecule has 1 amide bonds. The number of amides is 1. The largest absolute Gasteiger partial charge is 0.337 e. The van der Waals surface area contributed by atoms with E-state index in [1.54, 1.807) is 17.4 Å². The summed E-state index contributed by atoms with van der Waals surface area (Å²) in [6.07, 6.45) is 0.995. The Morgan fingerprint density at radius 2 is 2.19 bits per heavy atom. The van der Waals surface area contributed by atoms with Crippen LogP contribution in [-0.2, 0) is 6.54 Å². The summed E-state index contributed by atoms with van der Waals surface area (Å²) < 4.78 is 0.665. The molecule has 1 aliphatic rings. The number of aromatic nitrogens is 1. The van der Waals surface area contributed by atoms with Crippen LogP contribution < -0.4 is 0 Å². The lowest BCUT2D eigenvalue weighted by Crippen LogP contribution is -2.34. The van der Waals surface area contributed by atoms with Crippen molar-refractivity contribution in [2.75, 3.05) is 26.2 Å². The molecule has 2 aromatic heterocycles. The highest BCUT2D eigenvalue weighted by atomic mass is 35.5. The molecule has 4 nitrogen and oxygen atoms in total. The molecule has 0 bridgehead atoms. The maximum atomic E-state index is 12.4. The van der Waals surface area contributed by atoms with Gasteiger partial charge in [-0.1, -0.05) is 11.6 Å². The minimum Gasteiger partial charge on any atom is -0.337 e. The fourth-order valence-electron chi connectivity index (χ4n) is 2.46. The van der Waals surface area contributed by atoms with Gasteiger partial charge in [-0.05, 0) is 18.6 Å². The van der Waals surface area contributed by atoms with Crippen LogP contribution in [0.5, 0.6) is 0 Å². The highest BCUT2D eigenvalue weighted by Gasteiger charge is 2.21. The van der Waals surface area contributed by atoms with Gasteiger partial charge in [0.05, 0.1) is 20.4 Å². The molecule has 0 atom stereocenters. The van der Waals surface area contributed by atoms with E-state index < -0.39 is 0 Å². The Bertz CT molecular complexity index is 599. The monoisotopic (exact) mass is 341 g/mol. The molecule has 3 heterocycles. The summed E-state index contributed by atoms with van der Waals surface area (Å²) >= 11 is 8.89. The minimum atomic E-state index is 0.0995. The zero-order valence-electron chi connectivity index (χ0n) is 11.5. The van der Waals surface area contributed by atoms with Gasteiger partial charge >= 0.3 is 0 Å². The smallest absolute Gasteiger partial charge is 0.264 e. The Labute approximate surface area is 137 Å². The lowest BCUT2D eigenvalue weighted by atomic mass is 10.3. The molecule has 1 saturated heterocycles. The highest BCUT2D eigenvalue weighted by Crippen LogP contribution is 2.23. The summed E-state index contributed by atoms with van der Waals surface area (Å²) in [4.78, 5) is 21.8. The molecule has 21 heavy (non-hydrogen) atoms. The van der Waals surface area contributed by atoms with Gasteiger partial charge in [0.1, 0.15) is 0 Å². The fraction of sp³-hybridized carbons (Fsp3) is 0.429. The third kappa shape index (κ3) is 3.83. The molecule has 112 valence electrons. The molecule has 0 unspecified atom stereocenters. The minimum absolute atomic E-state index is 0.0995. The maximum absolute atomic E-state index is 12.4. The van der Waals surface area contributed by atoms with Crippen molar-refractivity contribution in [3.05, 3.63) is 37.9 Å². The van der Waals surface area contributed by atoms with Gasteiger partial charge in [-0.3, -0.25) is 9.69 Å². The predicted octanol–water partition coefficient (Wildman–Crippen LogP) is 3.21. The van der Waals surface area contributed by atoms with E-state index in [0.29, 0.717) is 4.34 Å². The SMILES string of the molecule is O=C(c1ccc(Cl)s1)N1CCCN(Cc2cscn2)CC1. The zero-order chi connectivity index (χ0) is 14.7. The third-order valence-electron chi connectivity index (χ3n) is 3.53. The van der Waals surface area contributed by atoms with Crippen LogP contribution in [0.25, 0.3) is 0 Å². The Kier molecular flexibility index (Phi) is 4.90. The second-order valence-electron chi connectivity index (χ2n) is 5.01. The molecule has 7 heteroatoms. The van der Waals surface area contributed by atoms with E-state index in [9.17, 15) is 4.79 Å². The van der Waals surface area contributed by atoms with E-state index >= 15 is 0 Å². The molecular formula is C14H16ClN3OS2. The van der Waals surface area contributed by atoms with Crippen LogP contribution in [0.3, 0.4) is 0 Å². The first-order valence-electron chi connectivity index (χ1n) is 6.86. The summed E-state index contributed by atoms with van der Waals surface area (Å²) in [6, 6.07) is 3.60. The van der Waals surface area contributed by atoms with Crippen LogP contribution in [0.1, 0.15) is 21.8 Å². The first-order chi connectivity index (χ1) is 10.2. The number of carbonyl (C=O) groups excluding carboxylic acids is 1. The van der Waals surface area contributed by atoms with E-state index in [1.807, 2.05) is 16.5 Å². The summed E-state index contributed by atoms with van der Waals surface area (Å²) in [7, 11) is 0. The first kappa shape index (κ1) is 15.0. The molecule has 1 aliphatic heterocycles. The third-order valence-corrected chi connectivity index (χ3v) is 5.38. The van der Waals surface area contributed by atoms with Gasteiger partial charge in [-0.25, -0.2) is 4.98 Å². The van der Waals surface area contributed by atoms with Crippen molar-refractivity contribution in [2.45, 2.75) is 13.0 Å². The Balaban J connectivity index is 1.59. The molecule has 0 N–H and O–H groups in total. The highest BCUT2D eigenvalue weighted by molar-refractivity contribution is 7.18. The topological polar surface area (TPSA) is 36.4 Å². The standard InChI is InChI=1S/C14H16ClN3OS2/c15-13-3-2-12(21-13)14(19)18-5-1-4-17(6-7-18)8-11-9-20-10-16-11/h2-3,9-10H,1,4-8H2. The van der Waals surface area contributed by atoms with Gasteiger partial charge in [0.25, 0.3) is 5.91 Å². The Morgan fingerprint density at radius 3 is 2.90 bits per heavy atom. The molecule has 0 saturated carbocycles. The second kappa shape index (κ2) is 6.87. The van der Waals surface area contributed by atoms with Crippen LogP contribution in [0.4, 0.5) is 0 Å². The van der Waals surface area contributed by atoms with Crippen LogP contribution >= 0.6 is 34.3 Å². The number of hydrogen-bond acceptors (Lipinski definition) is 5. The van der Waals surface area contributed by atoms with Crippen molar-refractivity contribution in [2.24, 2.45) is 0 Å². The van der Waals surface area contributed by atoms with Gasteiger partial charge in [0.2, 0.25) is 0 Å². The van der Waals surface area contributed by atoms with E-state index in [1.165, 1.54) is 11.3 Å². The normalized spacial score (nSPS) is 16.9. The quantitative estimate of drug-likeness (QED) is 0.860. The Hall–Kier alpha value is -0.950. The molecular weight excluding hydrogens is 326 g/mol. The molecule has 0 aromatic carbocycles. The van der Waals surface area contributed by atoms with Crippen molar-refractivity contribution >= 4 is 40.2 Å². The van der Waals surface area contributed by atoms with Gasteiger partial charge in [-0.15, -0.1) is 22.7 Å². The molecule has 2 aromatic rings. The average molecular weight is 342 g/mol. The fourth-order valence-corrected chi connectivity index (χ4v) is 4.02. The van der Waals surface area contributed by atoms with E-state index in [4.69, 9.17) is 11.6 Å². The maximum Gasteiger partial charge on any atom is 0.264 e. The lowest BCUT2D eigenvalue weighted by molar-refractivity contribution is 0.0766. The number of hydrogen-bond donors (Lipinski definition) is 0. The Morgan fingerprint density at radius 1 is 1.29 bits per heavy atom. The van der Waals surface area contributed by atoms with Crippen LogP contribution in [-0.4, -0.2) is 46.9 Å². The molecule has 1 fully saturated rings. The van der Waals surface area contributed by atoms with Gasteiger partial charge in [0, 0.05) is 38.1 Å². The van der Waals surface area contributed by atoms with E-state index in [-0.39, 0.29) is 5.91 Å². The average Bonchev–Trinajstić information content (AvgIpc) is 3.07. The summed E-state index contributed by atoms with van der Waals surface area (Å²) in [6.45, 7) is 4.34. The second-order valence-corrected chi connectivity index (χ2v) is 7.44. The zero-order valence-corrected chi connectivity index (χ0v) is 13.9. The predicted molar refractivity (Wildman–Crippen MR) is 87.2 cm³/mol. The van der Waals surface area contributed by atoms with E-state index in [0.717, 1.165) is 49.7 Å². The van der Waals surface area contributed by atoms with Crippen LogP contribution in [0.2, 0.25) is 4.34 Å². The summed E-state index contributed by atoms with van der Waals surface area (Å²) in [5, 5.41) is 2.08. The lowest BCUT2D eigenvalue weighted by Gasteiger charge is -2.21. The van der Waals surface area contributed by atoms with Gasteiger partial charge in [-0.2, -0.15) is 0 Å². The summed E-state index contributed by atoms with van der Waals surface area (Å²) in [5.74, 6) is 0.0995. The number of halogens is 1. The molecule has 3 rings (SSSR count).